The normalized spacial score (nSPS) is 9.86. The number of nitrogens with zero attached hydrogens (tertiary/aromatic N) is 1. The van der Waals surface area contributed by atoms with Gasteiger partial charge in [-0.1, -0.05) is 15.9 Å². The number of benzene rings is 1. The van der Waals surface area contributed by atoms with Gasteiger partial charge in [0.2, 0.25) is 5.91 Å². The van der Waals surface area contributed by atoms with Gasteiger partial charge >= 0.3 is 12.0 Å². The average molecular weight is 358 g/mol. The third kappa shape index (κ3) is 5.42. The summed E-state index contributed by atoms with van der Waals surface area (Å²) in [6.07, 6.45) is 0.171. The summed E-state index contributed by atoms with van der Waals surface area (Å²) in [5, 5.41) is 14.0. The molecule has 1 aromatic carbocycles. The first-order valence-corrected chi connectivity index (χ1v) is 6.88. The van der Waals surface area contributed by atoms with Crippen LogP contribution in [0, 0.1) is 0 Å². The molecule has 3 amide bonds. The number of amides is 3. The molecule has 3 N–H and O–H groups in total. The molecule has 0 radical (unpaired) electrons. The number of rotatable bonds is 5. The molecular weight excluding hydrogens is 342 g/mol. The van der Waals surface area contributed by atoms with E-state index in [2.05, 4.69) is 26.6 Å². The molecule has 8 heteroatoms. The number of carboxylic acids is 1. The number of hydrogen-bond donors (Lipinski definition) is 3. The Bertz CT molecular complexity index is 560. The van der Waals surface area contributed by atoms with E-state index in [4.69, 9.17) is 5.11 Å². The number of halogens is 1. The van der Waals surface area contributed by atoms with Crippen LogP contribution in [-0.2, 0) is 4.79 Å². The molecule has 0 saturated carbocycles. The van der Waals surface area contributed by atoms with E-state index >= 15 is 0 Å². The predicted octanol–water partition coefficient (Wildman–Crippen LogP) is 1.75. The summed E-state index contributed by atoms with van der Waals surface area (Å²) in [5.41, 5.74) is 0.158. The summed E-state index contributed by atoms with van der Waals surface area (Å²) in [7, 11) is 3.26. The van der Waals surface area contributed by atoms with E-state index in [1.54, 1.807) is 20.2 Å². The second kappa shape index (κ2) is 7.63. The van der Waals surface area contributed by atoms with Crippen LogP contribution in [0.15, 0.2) is 22.7 Å². The molecule has 0 bridgehead atoms. The third-order valence-corrected chi connectivity index (χ3v) is 3.08. The molecule has 0 unspecified atom stereocenters. The number of nitrogens with one attached hydrogen (secondary N) is 2. The summed E-state index contributed by atoms with van der Waals surface area (Å²) in [5.74, 6) is -1.25. The third-order valence-electron chi connectivity index (χ3n) is 2.58. The van der Waals surface area contributed by atoms with E-state index in [0.717, 1.165) is 0 Å². The largest absolute Gasteiger partial charge is 0.478 e. The lowest BCUT2D eigenvalue weighted by atomic mass is 10.2. The molecule has 0 heterocycles. The minimum atomic E-state index is -1.14. The SMILES string of the molecule is CN(C)C(=O)CCNC(=O)Nc1cc(Br)ccc1C(=O)O. The highest BCUT2D eigenvalue weighted by Gasteiger charge is 2.13. The number of hydrogen-bond acceptors (Lipinski definition) is 3. The standard InChI is InChI=1S/C13H16BrN3O4/c1-17(2)11(18)5-6-15-13(21)16-10-7-8(14)3-4-9(10)12(19)20/h3-4,7H,5-6H2,1-2H3,(H,19,20)(H2,15,16,21). The van der Waals surface area contributed by atoms with Crippen molar-refractivity contribution in [3.05, 3.63) is 28.2 Å². The van der Waals surface area contributed by atoms with Gasteiger partial charge in [-0.3, -0.25) is 4.79 Å². The van der Waals surface area contributed by atoms with Crippen LogP contribution in [0.3, 0.4) is 0 Å². The van der Waals surface area contributed by atoms with Crippen LogP contribution in [-0.4, -0.2) is 48.6 Å². The highest BCUT2D eigenvalue weighted by molar-refractivity contribution is 9.10. The zero-order valence-corrected chi connectivity index (χ0v) is 13.2. The quantitative estimate of drug-likeness (QED) is 0.747. The Morgan fingerprint density at radius 2 is 1.95 bits per heavy atom. The van der Waals surface area contributed by atoms with Gasteiger partial charge in [-0.25, -0.2) is 9.59 Å². The molecule has 0 atom stereocenters. The highest BCUT2D eigenvalue weighted by atomic mass is 79.9. The molecule has 1 aromatic rings. The molecule has 0 aliphatic heterocycles. The second-order valence-corrected chi connectivity index (χ2v) is 5.33. The lowest BCUT2D eigenvalue weighted by molar-refractivity contribution is -0.128. The maximum atomic E-state index is 11.7. The Labute approximate surface area is 130 Å². The fourth-order valence-corrected chi connectivity index (χ4v) is 1.84. The van der Waals surface area contributed by atoms with Crippen molar-refractivity contribution in [1.82, 2.24) is 10.2 Å². The van der Waals surface area contributed by atoms with Gasteiger partial charge < -0.3 is 20.6 Å². The lowest BCUT2D eigenvalue weighted by Crippen LogP contribution is -2.33. The monoisotopic (exact) mass is 357 g/mol. The van der Waals surface area contributed by atoms with Gasteiger partial charge in [-0.05, 0) is 18.2 Å². The van der Waals surface area contributed by atoms with Crippen LogP contribution in [0.5, 0.6) is 0 Å². The van der Waals surface area contributed by atoms with Gasteiger partial charge in [0, 0.05) is 31.5 Å². The summed E-state index contributed by atoms with van der Waals surface area (Å²) in [6.45, 7) is 0.166. The zero-order chi connectivity index (χ0) is 16.0. The van der Waals surface area contributed by atoms with Gasteiger partial charge in [0.25, 0.3) is 0 Å². The van der Waals surface area contributed by atoms with E-state index in [1.807, 2.05) is 0 Å². The molecule has 0 aromatic heterocycles. The van der Waals surface area contributed by atoms with Crippen molar-refractivity contribution in [2.24, 2.45) is 0 Å². The van der Waals surface area contributed by atoms with Crippen LogP contribution in [0.4, 0.5) is 10.5 Å². The van der Waals surface area contributed by atoms with Crippen LogP contribution >= 0.6 is 15.9 Å². The summed E-state index contributed by atoms with van der Waals surface area (Å²) in [4.78, 5) is 35.5. The molecule has 1 rings (SSSR count). The zero-order valence-electron chi connectivity index (χ0n) is 11.6. The number of anilines is 1. The summed E-state index contributed by atoms with van der Waals surface area (Å²) < 4.78 is 0.644. The average Bonchev–Trinajstić information content (AvgIpc) is 2.37. The van der Waals surface area contributed by atoms with Crippen LogP contribution in [0.1, 0.15) is 16.8 Å². The van der Waals surface area contributed by atoms with E-state index in [0.29, 0.717) is 4.47 Å². The fraction of sp³-hybridized carbons (Fsp3) is 0.308. The Kier molecular flexibility index (Phi) is 6.16. The summed E-state index contributed by atoms with van der Waals surface area (Å²) >= 11 is 3.21. The molecule has 7 nitrogen and oxygen atoms in total. The van der Waals surface area contributed by atoms with Crippen molar-refractivity contribution in [2.75, 3.05) is 26.0 Å². The molecule has 0 fully saturated rings. The number of carbonyl (C=O) groups is 3. The van der Waals surface area contributed by atoms with E-state index in [-0.39, 0.29) is 30.1 Å². The predicted molar refractivity (Wildman–Crippen MR) is 81.4 cm³/mol. The van der Waals surface area contributed by atoms with Crippen molar-refractivity contribution < 1.29 is 19.5 Å². The Morgan fingerprint density at radius 1 is 1.29 bits per heavy atom. The van der Waals surface area contributed by atoms with Gasteiger partial charge in [-0.2, -0.15) is 0 Å². The highest BCUT2D eigenvalue weighted by Crippen LogP contribution is 2.21. The van der Waals surface area contributed by atoms with Gasteiger partial charge in [0.15, 0.2) is 0 Å². The minimum Gasteiger partial charge on any atom is -0.478 e. The van der Waals surface area contributed by atoms with Crippen molar-refractivity contribution in [3.63, 3.8) is 0 Å². The van der Waals surface area contributed by atoms with Gasteiger partial charge in [0.05, 0.1) is 11.3 Å². The molecular formula is C13H16BrN3O4. The first kappa shape index (κ1) is 17.0. The second-order valence-electron chi connectivity index (χ2n) is 4.41. The van der Waals surface area contributed by atoms with Crippen molar-refractivity contribution in [1.29, 1.82) is 0 Å². The van der Waals surface area contributed by atoms with E-state index in [9.17, 15) is 14.4 Å². The number of carboxylic acid groups (broad SMARTS) is 1. The fourth-order valence-electron chi connectivity index (χ4n) is 1.48. The van der Waals surface area contributed by atoms with E-state index < -0.39 is 12.0 Å². The Hall–Kier alpha value is -2.09. The number of urea groups is 1. The number of carbonyl (C=O) groups excluding carboxylic acids is 2. The molecule has 21 heavy (non-hydrogen) atoms. The van der Waals surface area contributed by atoms with E-state index in [1.165, 1.54) is 17.0 Å². The topological polar surface area (TPSA) is 98.7 Å². The lowest BCUT2D eigenvalue weighted by Gasteiger charge is -2.12. The van der Waals surface area contributed by atoms with Crippen molar-refractivity contribution >= 4 is 39.5 Å². The van der Waals surface area contributed by atoms with Crippen LogP contribution in [0.2, 0.25) is 0 Å². The molecule has 0 aliphatic rings. The van der Waals surface area contributed by atoms with Crippen molar-refractivity contribution in [3.8, 4) is 0 Å². The minimum absolute atomic E-state index is 0.0160. The van der Waals surface area contributed by atoms with Crippen LogP contribution in [0.25, 0.3) is 0 Å². The van der Waals surface area contributed by atoms with Crippen molar-refractivity contribution in [2.45, 2.75) is 6.42 Å². The van der Waals surface area contributed by atoms with Gasteiger partial charge in [-0.15, -0.1) is 0 Å². The maximum absolute atomic E-state index is 11.7. The first-order chi connectivity index (χ1) is 9.81. The molecule has 0 aliphatic carbocycles. The Morgan fingerprint density at radius 3 is 2.52 bits per heavy atom. The first-order valence-electron chi connectivity index (χ1n) is 6.09. The van der Waals surface area contributed by atoms with Gasteiger partial charge in [0.1, 0.15) is 0 Å². The maximum Gasteiger partial charge on any atom is 0.337 e. The molecule has 0 spiro atoms. The summed E-state index contributed by atoms with van der Waals surface area (Å²) in [6, 6.07) is 3.88. The Balaban J connectivity index is 2.61. The molecule has 0 saturated heterocycles. The molecule has 114 valence electrons. The van der Waals surface area contributed by atoms with Crippen LogP contribution < -0.4 is 10.6 Å². The number of aromatic carboxylic acids is 1. The smallest absolute Gasteiger partial charge is 0.337 e.